The van der Waals surface area contributed by atoms with Crippen molar-refractivity contribution in [2.24, 2.45) is 11.8 Å². The first-order chi connectivity index (χ1) is 10.5. The number of likely N-dealkylation sites (tertiary alicyclic amines) is 1. The minimum absolute atomic E-state index is 0.0678. The molecule has 0 bridgehead atoms. The smallest absolute Gasteiger partial charge is 0.308 e. The number of hydrogen-bond donors (Lipinski definition) is 2. The van der Waals surface area contributed by atoms with Crippen molar-refractivity contribution in [3.63, 3.8) is 0 Å². The van der Waals surface area contributed by atoms with Gasteiger partial charge in [0.15, 0.2) is 0 Å². The molecule has 2 aliphatic rings. The van der Waals surface area contributed by atoms with Gasteiger partial charge in [0.2, 0.25) is 11.8 Å². The van der Waals surface area contributed by atoms with E-state index in [9.17, 15) is 14.4 Å². The molecule has 0 spiro atoms. The van der Waals surface area contributed by atoms with E-state index in [2.05, 4.69) is 5.32 Å². The lowest BCUT2D eigenvalue weighted by atomic mass is 9.87. The molecule has 2 rings (SSSR count). The summed E-state index contributed by atoms with van der Waals surface area (Å²) in [7, 11) is 0. The molecule has 0 radical (unpaired) electrons. The van der Waals surface area contributed by atoms with E-state index in [1.807, 2.05) is 0 Å². The van der Waals surface area contributed by atoms with Crippen LogP contribution in [0.5, 0.6) is 0 Å². The van der Waals surface area contributed by atoms with Gasteiger partial charge in [-0.3, -0.25) is 14.4 Å². The number of aliphatic carboxylic acids is 1. The van der Waals surface area contributed by atoms with Gasteiger partial charge in [0.05, 0.1) is 5.92 Å². The van der Waals surface area contributed by atoms with E-state index in [1.54, 1.807) is 11.8 Å². The molecule has 2 fully saturated rings. The van der Waals surface area contributed by atoms with Gasteiger partial charge in [0.25, 0.3) is 0 Å². The Balaban J connectivity index is 1.76. The highest BCUT2D eigenvalue weighted by molar-refractivity contribution is 5.88. The third-order valence-electron chi connectivity index (χ3n) is 4.80. The molecule has 1 aliphatic carbocycles. The average molecular weight is 310 g/mol. The lowest BCUT2D eigenvalue weighted by Gasteiger charge is -2.24. The molecule has 2 unspecified atom stereocenters. The fraction of sp³-hybridized carbons (Fsp3) is 0.812. The predicted molar refractivity (Wildman–Crippen MR) is 81.1 cm³/mol. The summed E-state index contributed by atoms with van der Waals surface area (Å²) in [6.45, 7) is 2.38. The Morgan fingerprint density at radius 3 is 2.45 bits per heavy atom. The summed E-state index contributed by atoms with van der Waals surface area (Å²) < 4.78 is 0. The predicted octanol–water partition coefficient (Wildman–Crippen LogP) is 1.39. The zero-order valence-corrected chi connectivity index (χ0v) is 13.2. The quantitative estimate of drug-likeness (QED) is 0.803. The van der Waals surface area contributed by atoms with Crippen molar-refractivity contribution >= 4 is 17.8 Å². The number of amides is 2. The van der Waals surface area contributed by atoms with Crippen molar-refractivity contribution < 1.29 is 19.5 Å². The van der Waals surface area contributed by atoms with Gasteiger partial charge in [-0.2, -0.15) is 0 Å². The van der Waals surface area contributed by atoms with Crippen molar-refractivity contribution in [1.29, 1.82) is 0 Å². The fourth-order valence-electron chi connectivity index (χ4n) is 3.45. The number of carbonyl (C=O) groups is 3. The van der Waals surface area contributed by atoms with Crippen LogP contribution in [-0.4, -0.2) is 46.9 Å². The van der Waals surface area contributed by atoms with Crippen LogP contribution < -0.4 is 5.32 Å². The number of carboxylic acid groups (broad SMARTS) is 1. The van der Waals surface area contributed by atoms with Crippen LogP contribution in [0.25, 0.3) is 0 Å². The zero-order chi connectivity index (χ0) is 16.1. The van der Waals surface area contributed by atoms with E-state index >= 15 is 0 Å². The van der Waals surface area contributed by atoms with Crippen LogP contribution in [-0.2, 0) is 14.4 Å². The molecule has 22 heavy (non-hydrogen) atoms. The molecule has 6 heteroatoms. The van der Waals surface area contributed by atoms with Gasteiger partial charge in [-0.05, 0) is 32.1 Å². The number of rotatable bonds is 5. The molecule has 0 aromatic heterocycles. The number of nitrogens with zero attached hydrogens (tertiary/aromatic N) is 1. The van der Waals surface area contributed by atoms with Gasteiger partial charge in [-0.15, -0.1) is 0 Å². The second kappa shape index (κ2) is 7.61. The van der Waals surface area contributed by atoms with Gasteiger partial charge in [-0.1, -0.05) is 19.3 Å². The monoisotopic (exact) mass is 310 g/mol. The lowest BCUT2D eigenvalue weighted by Crippen LogP contribution is -2.46. The molecular formula is C16H26N2O4. The average Bonchev–Trinajstić information content (AvgIpc) is 2.97. The van der Waals surface area contributed by atoms with Gasteiger partial charge < -0.3 is 15.3 Å². The first-order valence-corrected chi connectivity index (χ1v) is 8.28. The summed E-state index contributed by atoms with van der Waals surface area (Å²) in [6, 6.07) is -0.580. The third-order valence-corrected chi connectivity index (χ3v) is 4.80. The normalized spacial score (nSPS) is 24.0. The number of carbonyl (C=O) groups excluding carboxylic acids is 2. The Kier molecular flexibility index (Phi) is 5.80. The summed E-state index contributed by atoms with van der Waals surface area (Å²) in [4.78, 5) is 36.8. The first-order valence-electron chi connectivity index (χ1n) is 8.28. The fourth-order valence-corrected chi connectivity index (χ4v) is 3.45. The Labute approximate surface area is 131 Å². The van der Waals surface area contributed by atoms with Gasteiger partial charge >= 0.3 is 5.97 Å². The van der Waals surface area contributed by atoms with E-state index in [4.69, 9.17) is 5.11 Å². The zero-order valence-electron chi connectivity index (χ0n) is 13.2. The molecule has 1 saturated carbocycles. The van der Waals surface area contributed by atoms with E-state index in [0.29, 0.717) is 25.3 Å². The summed E-state index contributed by atoms with van der Waals surface area (Å²) >= 11 is 0. The van der Waals surface area contributed by atoms with Crippen molar-refractivity contribution in [3.8, 4) is 0 Å². The molecule has 124 valence electrons. The highest BCUT2D eigenvalue weighted by atomic mass is 16.4. The minimum Gasteiger partial charge on any atom is -0.481 e. The minimum atomic E-state index is -0.857. The Hall–Kier alpha value is -1.59. The highest BCUT2D eigenvalue weighted by Crippen LogP contribution is 2.26. The van der Waals surface area contributed by atoms with Crippen LogP contribution in [0.2, 0.25) is 0 Å². The number of hydrogen-bond acceptors (Lipinski definition) is 3. The van der Waals surface area contributed by atoms with Crippen LogP contribution in [0.15, 0.2) is 0 Å². The van der Waals surface area contributed by atoms with Crippen LogP contribution in [0, 0.1) is 11.8 Å². The summed E-state index contributed by atoms with van der Waals surface area (Å²) in [5.41, 5.74) is 0. The standard InChI is InChI=1S/C16H26N2O4/c1-11(15(20)18-8-7-13(10-18)16(21)22)17-14(19)9-12-5-3-2-4-6-12/h11-13H,2-10H2,1H3,(H,17,19)(H,21,22). The van der Waals surface area contributed by atoms with Crippen LogP contribution in [0.4, 0.5) is 0 Å². The van der Waals surface area contributed by atoms with E-state index < -0.39 is 17.9 Å². The number of carboxylic acids is 1. The molecule has 1 aliphatic heterocycles. The molecule has 1 saturated heterocycles. The van der Waals surface area contributed by atoms with E-state index in [0.717, 1.165) is 12.8 Å². The SMILES string of the molecule is CC(NC(=O)CC1CCCCC1)C(=O)N1CCC(C(=O)O)C1. The molecule has 6 nitrogen and oxygen atoms in total. The van der Waals surface area contributed by atoms with Crippen LogP contribution in [0.1, 0.15) is 51.9 Å². The Morgan fingerprint density at radius 1 is 1.18 bits per heavy atom. The van der Waals surface area contributed by atoms with Crippen molar-refractivity contribution in [1.82, 2.24) is 10.2 Å². The molecular weight excluding hydrogens is 284 g/mol. The molecule has 2 N–H and O–H groups in total. The van der Waals surface area contributed by atoms with Gasteiger partial charge in [0.1, 0.15) is 6.04 Å². The molecule has 1 heterocycles. The second-order valence-corrected chi connectivity index (χ2v) is 6.61. The summed E-state index contributed by atoms with van der Waals surface area (Å²) in [6.07, 6.45) is 6.82. The van der Waals surface area contributed by atoms with Crippen LogP contribution >= 0.6 is 0 Å². The Morgan fingerprint density at radius 2 is 1.86 bits per heavy atom. The maximum absolute atomic E-state index is 12.3. The van der Waals surface area contributed by atoms with Crippen LogP contribution in [0.3, 0.4) is 0 Å². The second-order valence-electron chi connectivity index (χ2n) is 6.61. The first kappa shape index (κ1) is 16.8. The van der Waals surface area contributed by atoms with Gasteiger partial charge in [0, 0.05) is 19.5 Å². The lowest BCUT2D eigenvalue weighted by molar-refractivity contribution is -0.142. The molecule has 0 aromatic carbocycles. The largest absolute Gasteiger partial charge is 0.481 e. The van der Waals surface area contributed by atoms with Gasteiger partial charge in [-0.25, -0.2) is 0 Å². The molecule has 0 aromatic rings. The van der Waals surface area contributed by atoms with E-state index in [1.165, 1.54) is 19.3 Å². The number of nitrogens with one attached hydrogen (secondary N) is 1. The van der Waals surface area contributed by atoms with E-state index in [-0.39, 0.29) is 18.4 Å². The summed E-state index contributed by atoms with van der Waals surface area (Å²) in [5.74, 6) is -1.14. The maximum Gasteiger partial charge on any atom is 0.308 e. The summed E-state index contributed by atoms with van der Waals surface area (Å²) in [5, 5.41) is 11.7. The molecule has 2 amide bonds. The highest BCUT2D eigenvalue weighted by Gasteiger charge is 2.33. The Bertz CT molecular complexity index is 432. The maximum atomic E-state index is 12.3. The van der Waals surface area contributed by atoms with Crippen molar-refractivity contribution in [3.05, 3.63) is 0 Å². The van der Waals surface area contributed by atoms with Crippen molar-refractivity contribution in [2.45, 2.75) is 57.9 Å². The topological polar surface area (TPSA) is 86.7 Å². The third kappa shape index (κ3) is 4.45. The molecule has 2 atom stereocenters. The van der Waals surface area contributed by atoms with Crippen molar-refractivity contribution in [2.75, 3.05) is 13.1 Å².